The molecule has 2 amide bonds. The maximum Gasteiger partial charge on any atom is 0.268 e. The van der Waals surface area contributed by atoms with Crippen molar-refractivity contribution in [3.63, 3.8) is 0 Å². The number of nitrogens with one attached hydrogen (secondary N) is 3. The minimum atomic E-state index is -4.30. The Morgan fingerprint density at radius 1 is 0.671 bits per heavy atom. The van der Waals surface area contributed by atoms with Crippen molar-refractivity contribution in [1.82, 2.24) is 44.3 Å². The van der Waals surface area contributed by atoms with E-state index in [1.165, 1.54) is 66.9 Å². The summed E-state index contributed by atoms with van der Waals surface area (Å²) >= 11 is 6.13. The third-order valence-corrected chi connectivity index (χ3v) is 17.8. The van der Waals surface area contributed by atoms with E-state index in [2.05, 4.69) is 80.6 Å². The summed E-state index contributed by atoms with van der Waals surface area (Å²) in [5.41, 5.74) is 0.414. The predicted molar refractivity (Wildman–Crippen MR) is 324 cm³/mol. The van der Waals surface area contributed by atoms with Crippen molar-refractivity contribution in [1.29, 1.82) is 0 Å². The molecule has 6 heterocycles. The highest BCUT2D eigenvalue weighted by Gasteiger charge is 2.40. The number of sulfonamides is 2. The quantitative estimate of drug-likeness (QED) is 0.0815. The number of hydrogen-bond acceptors (Lipinski definition) is 14. The first-order chi connectivity index (χ1) is 37.1. The van der Waals surface area contributed by atoms with Crippen LogP contribution in [0.15, 0.2) is 107 Å². The number of halogens is 4. The fourth-order valence-corrected chi connectivity index (χ4v) is 12.4. The molecule has 4 fully saturated rings. The molecular formula is C56H74Cl2F2N10O8S4. The number of amides is 2. The molecule has 18 nitrogen and oxygen atoms in total. The number of nitrogens with zero attached hydrogens (tertiary/aromatic N) is 7. The van der Waals surface area contributed by atoms with Crippen LogP contribution >= 0.6 is 51.0 Å². The molecule has 0 bridgehead atoms. The van der Waals surface area contributed by atoms with E-state index in [9.17, 15) is 35.2 Å². The van der Waals surface area contributed by atoms with Gasteiger partial charge < -0.3 is 19.7 Å². The number of ether oxygens (including phenoxy) is 2. The third kappa shape index (κ3) is 16.9. The number of benzene rings is 2. The molecule has 26 heteroatoms. The number of anilines is 1. The Labute approximate surface area is 504 Å². The van der Waals surface area contributed by atoms with Crippen LogP contribution in [0.3, 0.4) is 0 Å². The van der Waals surface area contributed by atoms with Gasteiger partial charge in [0.2, 0.25) is 11.8 Å². The van der Waals surface area contributed by atoms with Gasteiger partial charge in [-0.3, -0.25) is 9.59 Å². The molecule has 2 saturated heterocycles. The Morgan fingerprint density at radius 3 is 1.51 bits per heavy atom. The lowest BCUT2D eigenvalue weighted by Crippen LogP contribution is -2.41. The summed E-state index contributed by atoms with van der Waals surface area (Å²) in [5, 5.41) is 12.1. The number of pyridine rings is 2. The highest BCUT2D eigenvalue weighted by Crippen LogP contribution is 2.42. The van der Waals surface area contributed by atoms with Crippen molar-refractivity contribution in [3.05, 3.63) is 125 Å². The monoisotopic (exact) mass is 1250 g/mol. The normalized spacial score (nSPS) is 18.8. The Kier molecular flexibility index (Phi) is 22.2. The minimum Gasteiger partial charge on any atom is -0.476 e. The number of carbonyl (C=O) groups is 2. The van der Waals surface area contributed by atoms with E-state index in [0.717, 1.165) is 62.3 Å². The lowest BCUT2D eigenvalue weighted by Gasteiger charge is -2.37. The summed E-state index contributed by atoms with van der Waals surface area (Å²) < 4.78 is 96.1. The van der Waals surface area contributed by atoms with E-state index < -0.39 is 43.5 Å². The summed E-state index contributed by atoms with van der Waals surface area (Å²) in [4.78, 5) is 36.0. The summed E-state index contributed by atoms with van der Waals surface area (Å²) in [6, 6.07) is 18.3. The Hall–Kier alpha value is -5.50. The van der Waals surface area contributed by atoms with Crippen molar-refractivity contribution in [2.75, 3.05) is 31.2 Å². The molecule has 2 atom stereocenters. The predicted octanol–water partition coefficient (Wildman–Crippen LogP) is 10.5. The van der Waals surface area contributed by atoms with E-state index in [1.807, 2.05) is 9.62 Å². The smallest absolute Gasteiger partial charge is 0.268 e. The number of aromatic nitrogens is 6. The maximum atomic E-state index is 13.7. The largest absolute Gasteiger partial charge is 0.476 e. The lowest BCUT2D eigenvalue weighted by atomic mass is 9.71. The second-order valence-electron chi connectivity index (χ2n) is 23.2. The van der Waals surface area contributed by atoms with E-state index in [-0.39, 0.29) is 81.8 Å². The van der Waals surface area contributed by atoms with Gasteiger partial charge in [0.05, 0.1) is 34.1 Å². The number of hydrogen-bond donors (Lipinski definition) is 3. The van der Waals surface area contributed by atoms with Crippen molar-refractivity contribution in [2.45, 2.75) is 128 Å². The molecule has 3 N–H and O–H groups in total. The average molecular weight is 1250 g/mol. The molecule has 4 aliphatic rings. The fourth-order valence-electron chi connectivity index (χ4n) is 10.2. The van der Waals surface area contributed by atoms with Crippen molar-refractivity contribution < 1.29 is 44.7 Å². The first-order valence-electron chi connectivity index (χ1n) is 26.3. The van der Waals surface area contributed by atoms with Gasteiger partial charge in [-0.15, -0.1) is 22.6 Å². The molecule has 2 aromatic carbocycles. The SMILES string of the molecule is CC1(COc2ccn(-c3ccc(C(=O)NS(=O)(=O)c4cccc(F)c4)c(Cl)n3)n2)CCC1.C[C@@H]1CN(c2nc(-n3ccc(OCC4(C)CCC4)n3)ccc2C(=O)NS(=O)(=O)c2cccc(F)c2)C(C)(C)C1.C[C@@H]1CNC(C)(C)C1.Cl.S.S. The fraction of sp³-hybridized carbons (Fsp3) is 0.464. The zero-order valence-electron chi connectivity index (χ0n) is 47.1. The Bertz CT molecular complexity index is 3430. The van der Waals surface area contributed by atoms with Crippen LogP contribution in [-0.2, 0) is 20.0 Å². The van der Waals surface area contributed by atoms with Crippen LogP contribution in [0.2, 0.25) is 5.15 Å². The average Bonchev–Trinajstić information content (AvgIpc) is 4.17. The molecule has 448 valence electrons. The highest BCUT2D eigenvalue weighted by molar-refractivity contribution is 7.90. The van der Waals surface area contributed by atoms with Gasteiger partial charge in [-0.1, -0.05) is 64.3 Å². The standard InChI is InChI=1S/C28H34FN5O4S.C21H20ClFN4O4S.C7H15N.ClH.2H2S/c1-19-16-27(2,3)33(17-19)25-22(26(35)32-39(36,37)21-8-5-7-20(29)15-21)9-10-23(30-25)34-14-11-24(31-34)38-18-28(4)12-6-13-28;1-21(9-3-10-21)13-31-18-8-11-27(25-18)17-7-6-16(19(22)24-17)20(28)26-32(29,30)15-5-2-4-14(23)12-15;1-6-4-7(2,3)8-5-6;;;/h5,7-11,14-15,19H,6,12-13,16-18H2,1-4H3,(H,32,35);2,4-8,11-12H,3,9-10,13H2,1H3,(H,26,28);6,8H,4-5H2,1-3H3;1H;2*1H2/t19-;;6-;;;/m0.0.../s1. The molecule has 10 rings (SSSR count). The van der Waals surface area contributed by atoms with Crippen LogP contribution in [0.5, 0.6) is 11.8 Å². The van der Waals surface area contributed by atoms with Gasteiger partial charge >= 0.3 is 0 Å². The molecule has 0 spiro atoms. The summed E-state index contributed by atoms with van der Waals surface area (Å²) in [6.45, 7) is 20.5. The molecule has 6 aromatic rings. The Morgan fingerprint density at radius 2 is 1.13 bits per heavy atom. The summed E-state index contributed by atoms with van der Waals surface area (Å²) in [7, 11) is -8.59. The van der Waals surface area contributed by atoms with Crippen LogP contribution < -0.4 is 29.1 Å². The highest BCUT2D eigenvalue weighted by atomic mass is 35.5. The molecule has 0 radical (unpaired) electrons. The third-order valence-electron chi connectivity index (χ3n) is 14.8. The van der Waals surface area contributed by atoms with Crippen LogP contribution in [0.25, 0.3) is 11.6 Å². The molecule has 82 heavy (non-hydrogen) atoms. The molecule has 2 saturated carbocycles. The van der Waals surface area contributed by atoms with E-state index >= 15 is 0 Å². The second-order valence-corrected chi connectivity index (χ2v) is 27.0. The van der Waals surface area contributed by atoms with Gasteiger partial charge in [0, 0.05) is 53.0 Å². The Balaban J connectivity index is 0.000000259. The van der Waals surface area contributed by atoms with Gasteiger partial charge in [-0.2, -0.15) is 27.0 Å². The second kappa shape index (κ2) is 27.0. The van der Waals surface area contributed by atoms with E-state index in [1.54, 1.807) is 41.3 Å². The summed E-state index contributed by atoms with van der Waals surface area (Å²) in [6.07, 6.45) is 12.6. The van der Waals surface area contributed by atoms with Gasteiger partial charge in [0.25, 0.3) is 31.9 Å². The first kappa shape index (κ1) is 67.3. The topological polar surface area (TPSA) is 222 Å². The number of carbonyl (C=O) groups excluding carboxylic acids is 2. The van der Waals surface area contributed by atoms with Crippen molar-refractivity contribution in [3.8, 4) is 23.4 Å². The maximum absolute atomic E-state index is 13.7. The molecule has 2 aliphatic carbocycles. The van der Waals surface area contributed by atoms with E-state index in [0.29, 0.717) is 60.4 Å². The lowest BCUT2D eigenvalue weighted by molar-refractivity contribution is 0.0747. The van der Waals surface area contributed by atoms with Gasteiger partial charge in [0.1, 0.15) is 22.6 Å². The first-order valence-corrected chi connectivity index (χ1v) is 29.7. The van der Waals surface area contributed by atoms with Crippen molar-refractivity contribution >= 4 is 88.7 Å². The number of rotatable bonds is 15. The zero-order chi connectivity index (χ0) is 57.1. The van der Waals surface area contributed by atoms with E-state index in [4.69, 9.17) is 26.1 Å². The molecule has 2 aliphatic heterocycles. The van der Waals surface area contributed by atoms with Gasteiger partial charge in [-0.25, -0.2) is 54.4 Å². The minimum absolute atomic E-state index is 0. The van der Waals surface area contributed by atoms with Crippen LogP contribution in [-0.4, -0.2) is 95.6 Å². The molecule has 0 unspecified atom stereocenters. The van der Waals surface area contributed by atoms with Gasteiger partial charge in [0.15, 0.2) is 11.6 Å². The van der Waals surface area contributed by atoms with Gasteiger partial charge in [-0.05, 0) is 145 Å². The summed E-state index contributed by atoms with van der Waals surface area (Å²) in [5.74, 6) is 0.0117. The van der Waals surface area contributed by atoms with Crippen LogP contribution in [0, 0.1) is 34.3 Å². The molecular weight excluding hydrogens is 1180 g/mol. The van der Waals surface area contributed by atoms with Crippen LogP contribution in [0.1, 0.15) is 127 Å². The molecule has 4 aromatic heterocycles. The van der Waals surface area contributed by atoms with Crippen LogP contribution in [0.4, 0.5) is 14.6 Å². The zero-order valence-corrected chi connectivity index (χ0v) is 52.3. The van der Waals surface area contributed by atoms with Crippen molar-refractivity contribution in [2.24, 2.45) is 22.7 Å².